The average molecular weight is 489 g/mol. The molecule has 2 heterocycles. The molecule has 0 aliphatic rings. The van der Waals surface area contributed by atoms with Crippen molar-refractivity contribution in [2.75, 3.05) is 4.72 Å². The highest BCUT2D eigenvalue weighted by atomic mass is 35.5. The maximum Gasteiger partial charge on any atom is 0.271 e. The number of rotatable bonds is 7. The van der Waals surface area contributed by atoms with Crippen LogP contribution in [0.25, 0.3) is 0 Å². The van der Waals surface area contributed by atoms with Gasteiger partial charge in [0, 0.05) is 21.2 Å². The lowest BCUT2D eigenvalue weighted by molar-refractivity contribution is 0.0943. The van der Waals surface area contributed by atoms with E-state index < -0.39 is 10.0 Å². The van der Waals surface area contributed by atoms with Crippen LogP contribution < -0.4 is 10.0 Å². The minimum atomic E-state index is -3.63. The molecule has 0 aliphatic carbocycles. The van der Waals surface area contributed by atoms with Gasteiger partial charge >= 0.3 is 0 Å². The highest BCUT2D eigenvalue weighted by Crippen LogP contribution is 2.28. The molecule has 0 saturated carbocycles. The molecule has 9 heteroatoms. The minimum Gasteiger partial charge on any atom is -0.340 e. The number of hydrogen-bond donors (Lipinski definition) is 2. The number of hydrogen-bond acceptors (Lipinski definition) is 5. The second-order valence-electron chi connectivity index (χ2n) is 6.59. The highest BCUT2D eigenvalue weighted by Gasteiger charge is 2.19. The minimum absolute atomic E-state index is 0.232. The van der Waals surface area contributed by atoms with Crippen molar-refractivity contribution in [1.29, 1.82) is 0 Å². The second kappa shape index (κ2) is 9.23. The Morgan fingerprint density at radius 1 is 0.871 bits per heavy atom. The van der Waals surface area contributed by atoms with Crippen LogP contribution in [0.2, 0.25) is 5.02 Å². The second-order valence-corrected chi connectivity index (χ2v) is 10.9. The van der Waals surface area contributed by atoms with E-state index in [0.717, 1.165) is 21.8 Å². The Hall–Kier alpha value is -2.65. The van der Waals surface area contributed by atoms with Crippen molar-refractivity contribution in [3.05, 3.63) is 105 Å². The zero-order valence-electron chi connectivity index (χ0n) is 16.0. The zero-order valence-corrected chi connectivity index (χ0v) is 19.2. The third-order valence-corrected chi connectivity index (χ3v) is 8.43. The van der Waals surface area contributed by atoms with Crippen molar-refractivity contribution in [1.82, 2.24) is 5.32 Å². The molecular weight excluding hydrogens is 472 g/mol. The van der Waals surface area contributed by atoms with Gasteiger partial charge in [-0.05, 0) is 64.9 Å². The van der Waals surface area contributed by atoms with Crippen LogP contribution in [-0.2, 0) is 10.0 Å². The molecule has 4 aromatic rings. The lowest BCUT2D eigenvalue weighted by atomic mass is 10.0. The molecule has 0 radical (unpaired) electrons. The number of carbonyl (C=O) groups is 1. The predicted molar refractivity (Wildman–Crippen MR) is 127 cm³/mol. The van der Waals surface area contributed by atoms with Crippen LogP contribution in [0.3, 0.4) is 0 Å². The molecule has 1 amide bonds. The maximum atomic E-state index is 12.9. The summed E-state index contributed by atoms with van der Waals surface area (Å²) in [5, 5.41) is 7.34. The zero-order chi connectivity index (χ0) is 21.8. The van der Waals surface area contributed by atoms with E-state index in [0.29, 0.717) is 16.3 Å². The molecule has 0 bridgehead atoms. The van der Waals surface area contributed by atoms with Gasteiger partial charge in [0.25, 0.3) is 15.9 Å². The monoisotopic (exact) mass is 488 g/mol. The number of sulfonamides is 1. The number of amides is 1. The summed E-state index contributed by atoms with van der Waals surface area (Å²) in [7, 11) is -3.63. The molecule has 158 valence electrons. The number of anilines is 1. The normalized spacial score (nSPS) is 12.3. The summed E-state index contributed by atoms with van der Waals surface area (Å²) in [5.41, 5.74) is 1.73. The lowest BCUT2D eigenvalue weighted by Crippen LogP contribution is -2.28. The SMILES string of the molecule is O=C(NC(c1ccc(Cl)cc1)c1cccs1)c1ccc(NS(=O)(=O)c2cccs2)cc1. The smallest absolute Gasteiger partial charge is 0.271 e. The van der Waals surface area contributed by atoms with E-state index in [9.17, 15) is 13.2 Å². The first-order valence-corrected chi connectivity index (χ1v) is 12.8. The summed E-state index contributed by atoms with van der Waals surface area (Å²) in [6.07, 6.45) is 0. The number of halogens is 1. The van der Waals surface area contributed by atoms with Gasteiger partial charge in [-0.2, -0.15) is 0 Å². The van der Waals surface area contributed by atoms with Crippen molar-refractivity contribution >= 4 is 55.9 Å². The molecule has 5 nitrogen and oxygen atoms in total. The lowest BCUT2D eigenvalue weighted by Gasteiger charge is -2.18. The summed E-state index contributed by atoms with van der Waals surface area (Å²) in [6.45, 7) is 0. The van der Waals surface area contributed by atoms with E-state index in [1.165, 1.54) is 6.07 Å². The average Bonchev–Trinajstić information content (AvgIpc) is 3.47. The van der Waals surface area contributed by atoms with Crippen LogP contribution in [-0.4, -0.2) is 14.3 Å². The van der Waals surface area contributed by atoms with E-state index in [-0.39, 0.29) is 16.2 Å². The molecule has 0 fully saturated rings. The summed E-state index contributed by atoms with van der Waals surface area (Å²) in [6, 6.07) is 20.5. The van der Waals surface area contributed by atoms with Gasteiger partial charge in [0.15, 0.2) is 0 Å². The molecule has 0 saturated heterocycles. The van der Waals surface area contributed by atoms with E-state index in [1.807, 2.05) is 29.6 Å². The fourth-order valence-corrected chi connectivity index (χ4v) is 5.94. The molecule has 1 unspecified atom stereocenters. The van der Waals surface area contributed by atoms with E-state index in [2.05, 4.69) is 10.0 Å². The van der Waals surface area contributed by atoms with E-state index in [1.54, 1.807) is 59.2 Å². The third-order valence-electron chi connectivity index (χ3n) is 4.47. The van der Waals surface area contributed by atoms with Crippen LogP contribution in [0.15, 0.2) is 87.8 Å². The van der Waals surface area contributed by atoms with Crippen molar-refractivity contribution < 1.29 is 13.2 Å². The first-order chi connectivity index (χ1) is 14.9. The van der Waals surface area contributed by atoms with Crippen LogP contribution >= 0.6 is 34.3 Å². The third kappa shape index (κ3) is 5.16. The first kappa shape index (κ1) is 21.6. The topological polar surface area (TPSA) is 75.3 Å². The molecule has 0 spiro atoms. The standard InChI is InChI=1S/C22H17ClN2O3S3/c23-17-9-5-15(6-10-17)21(19-3-1-13-29-19)24-22(26)16-7-11-18(12-8-16)25-31(27,28)20-4-2-14-30-20/h1-14,21,25H,(H,24,26). The summed E-state index contributed by atoms with van der Waals surface area (Å²) in [5.74, 6) is -0.263. The number of thiophene rings is 2. The molecule has 2 aromatic carbocycles. The fraction of sp³-hybridized carbons (Fsp3) is 0.0455. The van der Waals surface area contributed by atoms with Crippen LogP contribution in [0.1, 0.15) is 26.8 Å². The predicted octanol–water partition coefficient (Wildman–Crippen LogP) is 5.78. The summed E-state index contributed by atoms with van der Waals surface area (Å²) >= 11 is 8.69. The molecule has 4 rings (SSSR count). The van der Waals surface area contributed by atoms with Crippen molar-refractivity contribution in [3.63, 3.8) is 0 Å². The Balaban J connectivity index is 1.51. The maximum absolute atomic E-state index is 12.9. The molecule has 1 atom stereocenters. The Bertz CT molecular complexity index is 1250. The van der Waals surface area contributed by atoms with Crippen molar-refractivity contribution in [3.8, 4) is 0 Å². The van der Waals surface area contributed by atoms with Crippen LogP contribution in [0.5, 0.6) is 0 Å². The molecular formula is C22H17ClN2O3S3. The molecule has 2 aromatic heterocycles. The Morgan fingerprint density at radius 3 is 2.16 bits per heavy atom. The Kier molecular flexibility index (Phi) is 6.43. The summed E-state index contributed by atoms with van der Waals surface area (Å²) in [4.78, 5) is 13.9. The number of nitrogens with one attached hydrogen (secondary N) is 2. The highest BCUT2D eigenvalue weighted by molar-refractivity contribution is 7.94. The van der Waals surface area contributed by atoms with Gasteiger partial charge in [0.2, 0.25) is 0 Å². The summed E-state index contributed by atoms with van der Waals surface area (Å²) < 4.78 is 27.5. The van der Waals surface area contributed by atoms with Crippen molar-refractivity contribution in [2.45, 2.75) is 10.3 Å². The van der Waals surface area contributed by atoms with Gasteiger partial charge in [-0.25, -0.2) is 8.42 Å². The van der Waals surface area contributed by atoms with Gasteiger partial charge in [-0.15, -0.1) is 22.7 Å². The number of benzene rings is 2. The first-order valence-electron chi connectivity index (χ1n) is 9.18. The molecule has 0 aliphatic heterocycles. The molecule has 31 heavy (non-hydrogen) atoms. The van der Waals surface area contributed by atoms with Gasteiger partial charge in [0.05, 0.1) is 6.04 Å². The van der Waals surface area contributed by atoms with Gasteiger partial charge in [-0.3, -0.25) is 9.52 Å². The number of carbonyl (C=O) groups excluding carboxylic acids is 1. The Morgan fingerprint density at radius 2 is 1.55 bits per heavy atom. The molecule has 2 N–H and O–H groups in total. The van der Waals surface area contributed by atoms with E-state index >= 15 is 0 Å². The Labute approximate surface area is 193 Å². The van der Waals surface area contributed by atoms with Crippen LogP contribution in [0, 0.1) is 0 Å². The van der Waals surface area contributed by atoms with Gasteiger partial charge in [-0.1, -0.05) is 35.9 Å². The van der Waals surface area contributed by atoms with Crippen molar-refractivity contribution in [2.24, 2.45) is 0 Å². The van der Waals surface area contributed by atoms with E-state index in [4.69, 9.17) is 11.6 Å². The fourth-order valence-electron chi connectivity index (χ4n) is 2.96. The largest absolute Gasteiger partial charge is 0.340 e. The van der Waals surface area contributed by atoms with Crippen LogP contribution in [0.4, 0.5) is 5.69 Å². The van der Waals surface area contributed by atoms with Gasteiger partial charge in [0.1, 0.15) is 4.21 Å². The van der Waals surface area contributed by atoms with Gasteiger partial charge < -0.3 is 5.32 Å². The quantitative estimate of drug-likeness (QED) is 0.346.